The van der Waals surface area contributed by atoms with Crippen molar-refractivity contribution >= 4 is 29.1 Å². The van der Waals surface area contributed by atoms with Crippen LogP contribution in [0.4, 0.5) is 16.2 Å². The second kappa shape index (κ2) is 8.63. The zero-order chi connectivity index (χ0) is 18.2. The first kappa shape index (κ1) is 18.2. The molecule has 0 aliphatic rings. The number of benzene rings is 2. The molecule has 6 heteroatoms. The van der Waals surface area contributed by atoms with Crippen molar-refractivity contribution in [2.45, 2.75) is 13.8 Å². The van der Waals surface area contributed by atoms with E-state index in [1.807, 2.05) is 18.2 Å². The van der Waals surface area contributed by atoms with Gasteiger partial charge < -0.3 is 15.5 Å². The third kappa shape index (κ3) is 5.46. The monoisotopic (exact) mass is 339 g/mol. The van der Waals surface area contributed by atoms with Crippen LogP contribution in [0.5, 0.6) is 0 Å². The standard InChI is InChI=1S/C19H21N3O3/c1-14(23)16-7-6-10-18(13-16)22(15(2)24)12-11-20-19(25)21-17-8-4-3-5-9-17/h3-10,13H,11-12H2,1-2H3,(H2,20,21,25). The fourth-order valence-corrected chi connectivity index (χ4v) is 2.34. The number of Topliss-reactive ketones (excluding diaryl/α,β-unsaturated/α-hetero) is 1. The number of carbonyl (C=O) groups excluding carboxylic acids is 3. The molecule has 2 aromatic carbocycles. The first-order valence-corrected chi connectivity index (χ1v) is 7.96. The molecule has 2 rings (SSSR count). The zero-order valence-electron chi connectivity index (χ0n) is 14.3. The lowest BCUT2D eigenvalue weighted by Gasteiger charge is -2.22. The van der Waals surface area contributed by atoms with Gasteiger partial charge >= 0.3 is 6.03 Å². The molecule has 0 saturated carbocycles. The highest BCUT2D eigenvalue weighted by Crippen LogP contribution is 2.16. The molecule has 0 spiro atoms. The molecule has 0 radical (unpaired) electrons. The Balaban J connectivity index is 1.94. The van der Waals surface area contributed by atoms with Gasteiger partial charge in [0, 0.05) is 37.0 Å². The summed E-state index contributed by atoms with van der Waals surface area (Å²) in [5.41, 5.74) is 1.86. The van der Waals surface area contributed by atoms with Crippen LogP contribution in [-0.4, -0.2) is 30.8 Å². The number of nitrogens with one attached hydrogen (secondary N) is 2. The third-order valence-corrected chi connectivity index (χ3v) is 3.60. The Hall–Kier alpha value is -3.15. The van der Waals surface area contributed by atoms with E-state index in [1.54, 1.807) is 36.4 Å². The van der Waals surface area contributed by atoms with Crippen molar-refractivity contribution in [1.29, 1.82) is 0 Å². The van der Waals surface area contributed by atoms with Gasteiger partial charge in [0.1, 0.15) is 0 Å². The molecule has 0 aliphatic heterocycles. The first-order chi connectivity index (χ1) is 12.0. The highest BCUT2D eigenvalue weighted by atomic mass is 16.2. The van der Waals surface area contributed by atoms with E-state index in [0.29, 0.717) is 23.5 Å². The molecule has 0 aliphatic carbocycles. The molecule has 130 valence electrons. The number of amides is 3. The Morgan fingerprint density at radius 1 is 0.960 bits per heavy atom. The van der Waals surface area contributed by atoms with Crippen LogP contribution in [0.1, 0.15) is 24.2 Å². The van der Waals surface area contributed by atoms with Gasteiger partial charge in [-0.1, -0.05) is 30.3 Å². The number of rotatable bonds is 6. The first-order valence-electron chi connectivity index (χ1n) is 7.96. The summed E-state index contributed by atoms with van der Waals surface area (Å²) in [6, 6.07) is 15.6. The van der Waals surface area contributed by atoms with E-state index in [0.717, 1.165) is 0 Å². The van der Waals surface area contributed by atoms with Crippen molar-refractivity contribution in [2.24, 2.45) is 0 Å². The molecule has 0 unspecified atom stereocenters. The minimum atomic E-state index is -0.341. The molecule has 0 saturated heterocycles. The molecule has 25 heavy (non-hydrogen) atoms. The van der Waals surface area contributed by atoms with Crippen LogP contribution >= 0.6 is 0 Å². The molecule has 2 aromatic rings. The molecular formula is C19H21N3O3. The highest BCUT2D eigenvalue weighted by molar-refractivity contribution is 5.97. The van der Waals surface area contributed by atoms with Crippen LogP contribution in [0.15, 0.2) is 54.6 Å². The number of nitrogens with zero attached hydrogens (tertiary/aromatic N) is 1. The Bertz CT molecular complexity index is 760. The Morgan fingerprint density at radius 2 is 1.68 bits per heavy atom. The normalized spacial score (nSPS) is 10.0. The van der Waals surface area contributed by atoms with Gasteiger partial charge in [-0.15, -0.1) is 0 Å². The van der Waals surface area contributed by atoms with Crippen LogP contribution in [0, 0.1) is 0 Å². The average Bonchev–Trinajstić information content (AvgIpc) is 2.59. The molecule has 0 aromatic heterocycles. The average molecular weight is 339 g/mol. The zero-order valence-corrected chi connectivity index (χ0v) is 14.3. The maximum Gasteiger partial charge on any atom is 0.319 e. The predicted molar refractivity (Wildman–Crippen MR) is 97.9 cm³/mol. The van der Waals surface area contributed by atoms with Gasteiger partial charge in [-0.2, -0.15) is 0 Å². The van der Waals surface area contributed by atoms with Crippen LogP contribution in [-0.2, 0) is 4.79 Å². The maximum atomic E-state index is 11.9. The number of urea groups is 1. The van der Waals surface area contributed by atoms with Crippen LogP contribution < -0.4 is 15.5 Å². The van der Waals surface area contributed by atoms with Crippen LogP contribution in [0.25, 0.3) is 0 Å². The van der Waals surface area contributed by atoms with E-state index < -0.39 is 0 Å². The highest BCUT2D eigenvalue weighted by Gasteiger charge is 2.13. The Kier molecular flexibility index (Phi) is 6.28. The fourth-order valence-electron chi connectivity index (χ4n) is 2.34. The number of ketones is 1. The van der Waals surface area contributed by atoms with Gasteiger partial charge in [0.2, 0.25) is 5.91 Å². The van der Waals surface area contributed by atoms with Gasteiger partial charge in [0.25, 0.3) is 0 Å². The minimum absolute atomic E-state index is 0.0642. The second-order valence-corrected chi connectivity index (χ2v) is 5.52. The van der Waals surface area contributed by atoms with Crippen molar-refractivity contribution in [3.8, 4) is 0 Å². The summed E-state index contributed by atoms with van der Waals surface area (Å²) in [6.07, 6.45) is 0. The third-order valence-electron chi connectivity index (χ3n) is 3.60. The molecule has 0 atom stereocenters. The van der Waals surface area contributed by atoms with E-state index in [9.17, 15) is 14.4 Å². The van der Waals surface area contributed by atoms with E-state index in [-0.39, 0.29) is 24.3 Å². The molecule has 0 heterocycles. The summed E-state index contributed by atoms with van der Waals surface area (Å²) in [4.78, 5) is 36.8. The summed E-state index contributed by atoms with van der Waals surface area (Å²) in [7, 11) is 0. The smallest absolute Gasteiger partial charge is 0.319 e. The Morgan fingerprint density at radius 3 is 2.32 bits per heavy atom. The largest absolute Gasteiger partial charge is 0.336 e. The summed E-state index contributed by atoms with van der Waals surface area (Å²) in [5.74, 6) is -0.225. The lowest BCUT2D eigenvalue weighted by Crippen LogP contribution is -2.39. The molecule has 6 nitrogen and oxygen atoms in total. The number of para-hydroxylation sites is 1. The topological polar surface area (TPSA) is 78.5 Å². The van der Waals surface area contributed by atoms with Crippen LogP contribution in [0.2, 0.25) is 0 Å². The van der Waals surface area contributed by atoms with Crippen molar-refractivity contribution in [1.82, 2.24) is 5.32 Å². The molecular weight excluding hydrogens is 318 g/mol. The van der Waals surface area contributed by atoms with E-state index in [4.69, 9.17) is 0 Å². The maximum absolute atomic E-state index is 11.9. The van der Waals surface area contributed by atoms with Gasteiger partial charge in [0.15, 0.2) is 5.78 Å². The molecule has 0 fully saturated rings. The predicted octanol–water partition coefficient (Wildman–Crippen LogP) is 3.06. The van der Waals surface area contributed by atoms with Gasteiger partial charge in [0.05, 0.1) is 0 Å². The van der Waals surface area contributed by atoms with Crippen molar-refractivity contribution in [3.63, 3.8) is 0 Å². The summed E-state index contributed by atoms with van der Waals surface area (Å²) in [6.45, 7) is 3.51. The minimum Gasteiger partial charge on any atom is -0.336 e. The van der Waals surface area contributed by atoms with E-state index in [1.165, 1.54) is 18.7 Å². The van der Waals surface area contributed by atoms with Crippen molar-refractivity contribution in [2.75, 3.05) is 23.3 Å². The molecule has 2 N–H and O–H groups in total. The number of carbonyl (C=O) groups is 3. The quantitative estimate of drug-likeness (QED) is 0.794. The SMILES string of the molecule is CC(=O)c1cccc(N(CCNC(=O)Nc2ccccc2)C(C)=O)c1. The van der Waals surface area contributed by atoms with Crippen molar-refractivity contribution in [3.05, 3.63) is 60.2 Å². The van der Waals surface area contributed by atoms with Gasteiger partial charge in [-0.3, -0.25) is 9.59 Å². The summed E-state index contributed by atoms with van der Waals surface area (Å²) in [5, 5.41) is 5.42. The second-order valence-electron chi connectivity index (χ2n) is 5.52. The summed E-state index contributed by atoms with van der Waals surface area (Å²) >= 11 is 0. The lowest BCUT2D eigenvalue weighted by atomic mass is 10.1. The lowest BCUT2D eigenvalue weighted by molar-refractivity contribution is -0.116. The number of hydrogen-bond acceptors (Lipinski definition) is 3. The van der Waals surface area contributed by atoms with E-state index >= 15 is 0 Å². The van der Waals surface area contributed by atoms with Gasteiger partial charge in [-0.25, -0.2) is 4.79 Å². The molecule has 3 amide bonds. The summed E-state index contributed by atoms with van der Waals surface area (Å²) < 4.78 is 0. The van der Waals surface area contributed by atoms with Gasteiger partial charge in [-0.05, 0) is 31.2 Å². The number of hydrogen-bond donors (Lipinski definition) is 2. The van der Waals surface area contributed by atoms with Crippen LogP contribution in [0.3, 0.4) is 0 Å². The van der Waals surface area contributed by atoms with Crippen molar-refractivity contribution < 1.29 is 14.4 Å². The number of anilines is 2. The Labute approximate surface area is 146 Å². The van der Waals surface area contributed by atoms with E-state index in [2.05, 4.69) is 10.6 Å². The fraction of sp³-hybridized carbons (Fsp3) is 0.211. The molecule has 0 bridgehead atoms.